The summed E-state index contributed by atoms with van der Waals surface area (Å²) in [6.45, 7) is 2.34. The molecule has 4 heteroatoms. The molecular weight excluding hydrogens is 286 g/mol. The molecule has 0 atom stereocenters. The van der Waals surface area contributed by atoms with Gasteiger partial charge in [-0.3, -0.25) is 4.79 Å². The molecule has 0 bridgehead atoms. The van der Waals surface area contributed by atoms with E-state index in [0.29, 0.717) is 18.5 Å². The van der Waals surface area contributed by atoms with Crippen molar-refractivity contribution in [3.05, 3.63) is 28.2 Å². The van der Waals surface area contributed by atoms with Gasteiger partial charge in [0.15, 0.2) is 0 Å². The van der Waals surface area contributed by atoms with Crippen molar-refractivity contribution in [1.29, 1.82) is 0 Å². The Kier molecular flexibility index (Phi) is 5.44. The van der Waals surface area contributed by atoms with Gasteiger partial charge in [0.2, 0.25) is 0 Å². The zero-order valence-corrected chi connectivity index (χ0v) is 11.4. The molecule has 1 rings (SSSR count). The molecule has 1 amide bonds. The van der Waals surface area contributed by atoms with Gasteiger partial charge in [-0.2, -0.15) is 0 Å². The summed E-state index contributed by atoms with van der Waals surface area (Å²) in [4.78, 5) is 12.5. The lowest BCUT2D eigenvalue weighted by Gasteiger charge is -2.05. The minimum atomic E-state index is -0.110. The van der Waals surface area contributed by atoms with E-state index in [4.69, 9.17) is 0 Å². The fraction of sp³-hybridized carbons (Fsp3) is 0.250. The van der Waals surface area contributed by atoms with E-state index in [9.17, 15) is 4.79 Å². The lowest BCUT2D eigenvalue weighted by atomic mass is 10.2. The number of carbonyl (C=O) groups excluding carboxylic acids is 1. The van der Waals surface area contributed by atoms with Crippen molar-refractivity contribution in [2.45, 2.75) is 18.2 Å². The molecule has 0 heterocycles. The lowest BCUT2D eigenvalue weighted by molar-refractivity contribution is 0.0953. The predicted molar refractivity (Wildman–Crippen MR) is 71.8 cm³/mol. The van der Waals surface area contributed by atoms with Crippen LogP contribution in [0.1, 0.15) is 23.7 Å². The van der Waals surface area contributed by atoms with Gasteiger partial charge in [0, 0.05) is 22.3 Å². The molecule has 0 aliphatic heterocycles. The number of benzene rings is 1. The molecule has 0 aromatic heterocycles. The third kappa shape index (κ3) is 3.92. The molecule has 0 saturated carbocycles. The second-order valence-corrected chi connectivity index (χ2v) is 4.47. The van der Waals surface area contributed by atoms with Crippen LogP contribution in [0, 0.1) is 11.8 Å². The molecule has 0 saturated heterocycles. The molecule has 16 heavy (non-hydrogen) atoms. The van der Waals surface area contributed by atoms with E-state index in [2.05, 4.69) is 45.7 Å². The van der Waals surface area contributed by atoms with Crippen molar-refractivity contribution >= 4 is 34.5 Å². The summed E-state index contributed by atoms with van der Waals surface area (Å²) in [6.07, 6.45) is 0.667. The van der Waals surface area contributed by atoms with Gasteiger partial charge in [-0.25, -0.2) is 0 Å². The first-order valence-corrected chi connectivity index (χ1v) is 6.05. The van der Waals surface area contributed by atoms with Crippen LogP contribution in [-0.2, 0) is 0 Å². The topological polar surface area (TPSA) is 29.1 Å². The highest BCUT2D eigenvalue weighted by molar-refractivity contribution is 9.10. The van der Waals surface area contributed by atoms with E-state index in [1.807, 2.05) is 12.1 Å². The standard InChI is InChI=1S/C12H12BrNOS/c1-2-3-4-7-14-12(15)10-8-9(16)5-6-11(10)13/h5-6,8,16H,4,7H2,1H3,(H,14,15). The molecular formula is C12H12BrNOS. The van der Waals surface area contributed by atoms with Crippen LogP contribution in [0.4, 0.5) is 0 Å². The van der Waals surface area contributed by atoms with Crippen LogP contribution in [0.15, 0.2) is 27.6 Å². The summed E-state index contributed by atoms with van der Waals surface area (Å²) >= 11 is 7.53. The number of hydrogen-bond donors (Lipinski definition) is 2. The number of thiol groups is 1. The quantitative estimate of drug-likeness (QED) is 0.501. The number of carbonyl (C=O) groups is 1. The smallest absolute Gasteiger partial charge is 0.252 e. The van der Waals surface area contributed by atoms with E-state index in [-0.39, 0.29) is 5.91 Å². The summed E-state index contributed by atoms with van der Waals surface area (Å²) < 4.78 is 0.768. The van der Waals surface area contributed by atoms with Gasteiger partial charge in [0.25, 0.3) is 5.91 Å². The highest BCUT2D eigenvalue weighted by Crippen LogP contribution is 2.19. The Hall–Kier alpha value is -0.920. The maximum absolute atomic E-state index is 11.8. The summed E-state index contributed by atoms with van der Waals surface area (Å²) in [6, 6.07) is 5.36. The second kappa shape index (κ2) is 6.62. The van der Waals surface area contributed by atoms with Gasteiger partial charge in [0.1, 0.15) is 0 Å². The van der Waals surface area contributed by atoms with Gasteiger partial charge in [-0.05, 0) is 41.1 Å². The van der Waals surface area contributed by atoms with E-state index in [0.717, 1.165) is 9.37 Å². The minimum Gasteiger partial charge on any atom is -0.351 e. The molecule has 0 spiro atoms. The van der Waals surface area contributed by atoms with E-state index in [1.54, 1.807) is 13.0 Å². The Morgan fingerprint density at radius 1 is 1.56 bits per heavy atom. The Morgan fingerprint density at radius 2 is 2.31 bits per heavy atom. The zero-order chi connectivity index (χ0) is 12.0. The molecule has 84 valence electrons. The predicted octanol–water partition coefficient (Wildman–Crippen LogP) is 2.88. The first-order valence-electron chi connectivity index (χ1n) is 4.81. The van der Waals surface area contributed by atoms with Crippen LogP contribution < -0.4 is 5.32 Å². The number of hydrogen-bond acceptors (Lipinski definition) is 2. The number of halogens is 1. The van der Waals surface area contributed by atoms with E-state index >= 15 is 0 Å². The Bertz CT molecular complexity index is 448. The van der Waals surface area contributed by atoms with Crippen LogP contribution in [0.3, 0.4) is 0 Å². The molecule has 0 aliphatic rings. The van der Waals surface area contributed by atoms with Crippen LogP contribution in [0.5, 0.6) is 0 Å². The largest absolute Gasteiger partial charge is 0.351 e. The number of rotatable bonds is 3. The molecule has 1 aromatic carbocycles. The van der Waals surface area contributed by atoms with Crippen LogP contribution in [0.2, 0.25) is 0 Å². The maximum atomic E-state index is 11.8. The van der Waals surface area contributed by atoms with Gasteiger partial charge in [-0.15, -0.1) is 24.5 Å². The average molecular weight is 298 g/mol. The molecule has 0 unspecified atom stereocenters. The third-order valence-corrected chi connectivity index (χ3v) is 2.88. The fourth-order valence-corrected chi connectivity index (χ4v) is 1.78. The Labute approximate surface area is 109 Å². The van der Waals surface area contributed by atoms with Crippen molar-refractivity contribution in [3.63, 3.8) is 0 Å². The number of amides is 1. The van der Waals surface area contributed by atoms with Crippen molar-refractivity contribution < 1.29 is 4.79 Å². The first kappa shape index (κ1) is 13.1. The average Bonchev–Trinajstić information content (AvgIpc) is 2.27. The highest BCUT2D eigenvalue weighted by Gasteiger charge is 2.09. The highest BCUT2D eigenvalue weighted by atomic mass is 79.9. The van der Waals surface area contributed by atoms with Crippen molar-refractivity contribution in [3.8, 4) is 11.8 Å². The second-order valence-electron chi connectivity index (χ2n) is 3.10. The third-order valence-electron chi connectivity index (χ3n) is 1.91. The monoisotopic (exact) mass is 297 g/mol. The fourth-order valence-electron chi connectivity index (χ4n) is 1.15. The van der Waals surface area contributed by atoms with Crippen LogP contribution in [-0.4, -0.2) is 12.5 Å². The maximum Gasteiger partial charge on any atom is 0.252 e. The Balaban J connectivity index is 2.64. The van der Waals surface area contributed by atoms with Crippen LogP contribution in [0.25, 0.3) is 0 Å². The van der Waals surface area contributed by atoms with E-state index < -0.39 is 0 Å². The van der Waals surface area contributed by atoms with Gasteiger partial charge >= 0.3 is 0 Å². The SMILES string of the molecule is CC#CCCNC(=O)c1cc(S)ccc1Br. The summed E-state index contributed by atoms with van der Waals surface area (Å²) in [5, 5.41) is 2.80. The summed E-state index contributed by atoms with van der Waals surface area (Å²) in [7, 11) is 0. The minimum absolute atomic E-state index is 0.110. The molecule has 2 nitrogen and oxygen atoms in total. The van der Waals surface area contributed by atoms with Gasteiger partial charge in [-0.1, -0.05) is 0 Å². The van der Waals surface area contributed by atoms with Crippen molar-refractivity contribution in [2.75, 3.05) is 6.54 Å². The normalized spacial score (nSPS) is 9.19. The lowest BCUT2D eigenvalue weighted by Crippen LogP contribution is -2.24. The Morgan fingerprint density at radius 3 is 3.00 bits per heavy atom. The van der Waals surface area contributed by atoms with E-state index in [1.165, 1.54) is 0 Å². The van der Waals surface area contributed by atoms with Crippen molar-refractivity contribution in [1.82, 2.24) is 5.32 Å². The molecule has 0 radical (unpaired) electrons. The molecule has 1 aromatic rings. The van der Waals surface area contributed by atoms with Crippen LogP contribution >= 0.6 is 28.6 Å². The zero-order valence-electron chi connectivity index (χ0n) is 8.88. The molecule has 1 N–H and O–H groups in total. The van der Waals surface area contributed by atoms with Gasteiger partial charge in [0.05, 0.1) is 5.56 Å². The number of nitrogens with one attached hydrogen (secondary N) is 1. The van der Waals surface area contributed by atoms with Gasteiger partial charge < -0.3 is 5.32 Å². The molecule has 0 aliphatic carbocycles. The summed E-state index contributed by atoms with van der Waals surface area (Å²) in [5.41, 5.74) is 0.594. The molecule has 0 fully saturated rings. The summed E-state index contributed by atoms with van der Waals surface area (Å²) in [5.74, 6) is 5.56. The van der Waals surface area contributed by atoms with Crippen molar-refractivity contribution in [2.24, 2.45) is 0 Å². The first-order chi connectivity index (χ1) is 7.65.